The third kappa shape index (κ3) is 2.22. The summed E-state index contributed by atoms with van der Waals surface area (Å²) in [7, 11) is 1.68. The van der Waals surface area contributed by atoms with Gasteiger partial charge in [-0.05, 0) is 42.6 Å². The van der Waals surface area contributed by atoms with Crippen LogP contribution in [0.3, 0.4) is 0 Å². The molecule has 0 fully saturated rings. The zero-order chi connectivity index (χ0) is 9.84. The highest BCUT2D eigenvalue weighted by atomic mass is 16.5. The first-order valence-corrected chi connectivity index (χ1v) is 4.53. The van der Waals surface area contributed by atoms with Crippen molar-refractivity contribution >= 4 is 0 Å². The van der Waals surface area contributed by atoms with Crippen LogP contribution in [0.5, 0.6) is 5.75 Å². The molecular formula is C11H17NO. The fourth-order valence-electron chi connectivity index (χ4n) is 1.46. The first kappa shape index (κ1) is 10.1. The summed E-state index contributed by atoms with van der Waals surface area (Å²) < 4.78 is 5.13. The molecule has 0 bridgehead atoms. The number of ether oxygens (including phenoxy) is 1. The molecule has 0 saturated heterocycles. The van der Waals surface area contributed by atoms with Crippen molar-refractivity contribution in [3.8, 4) is 5.75 Å². The van der Waals surface area contributed by atoms with Gasteiger partial charge in [0, 0.05) is 0 Å². The molecule has 0 aliphatic carbocycles. The average Bonchev–Trinajstić information content (AvgIpc) is 2.16. The quantitative estimate of drug-likeness (QED) is 0.771. The Kier molecular flexibility index (Phi) is 3.32. The predicted molar refractivity (Wildman–Crippen MR) is 55.2 cm³/mol. The van der Waals surface area contributed by atoms with Crippen molar-refractivity contribution in [1.29, 1.82) is 0 Å². The number of methoxy groups -OCH3 is 1. The molecule has 1 aromatic carbocycles. The summed E-state index contributed by atoms with van der Waals surface area (Å²) in [5.74, 6) is 1.33. The van der Waals surface area contributed by atoms with E-state index in [1.165, 1.54) is 11.1 Å². The zero-order valence-electron chi connectivity index (χ0n) is 8.50. The van der Waals surface area contributed by atoms with E-state index in [0.29, 0.717) is 12.5 Å². The third-order valence-corrected chi connectivity index (χ3v) is 2.36. The van der Waals surface area contributed by atoms with Crippen LogP contribution >= 0.6 is 0 Å². The van der Waals surface area contributed by atoms with Crippen molar-refractivity contribution < 1.29 is 4.74 Å². The van der Waals surface area contributed by atoms with Crippen molar-refractivity contribution in [2.75, 3.05) is 13.7 Å². The Hall–Kier alpha value is -1.02. The van der Waals surface area contributed by atoms with Gasteiger partial charge in [0.1, 0.15) is 5.75 Å². The van der Waals surface area contributed by atoms with Gasteiger partial charge in [0.05, 0.1) is 7.11 Å². The lowest BCUT2D eigenvalue weighted by Crippen LogP contribution is -2.10. The molecular weight excluding hydrogens is 162 g/mol. The second-order valence-corrected chi connectivity index (χ2v) is 3.36. The molecule has 0 spiro atoms. The molecule has 72 valence electrons. The smallest absolute Gasteiger partial charge is 0.119 e. The van der Waals surface area contributed by atoms with Gasteiger partial charge >= 0.3 is 0 Å². The maximum Gasteiger partial charge on any atom is 0.119 e. The van der Waals surface area contributed by atoms with Crippen molar-refractivity contribution in [2.45, 2.75) is 19.8 Å². The van der Waals surface area contributed by atoms with E-state index >= 15 is 0 Å². The van der Waals surface area contributed by atoms with Crippen molar-refractivity contribution in [2.24, 2.45) is 5.73 Å². The number of nitrogens with two attached hydrogens (primary N) is 1. The molecule has 2 N–H and O–H groups in total. The molecule has 13 heavy (non-hydrogen) atoms. The fraction of sp³-hybridized carbons (Fsp3) is 0.455. The molecule has 1 rings (SSSR count). The van der Waals surface area contributed by atoms with Gasteiger partial charge in [0.15, 0.2) is 0 Å². The SMILES string of the molecule is COc1ccc([C@@H](C)CN)c(C)c1. The standard InChI is InChI=1S/C11H17NO/c1-8-6-10(13-3)4-5-11(8)9(2)7-12/h4-6,9H,7,12H2,1-3H3/t9-/m0/s1. The van der Waals surface area contributed by atoms with Gasteiger partial charge in [0.25, 0.3) is 0 Å². The number of hydrogen-bond donors (Lipinski definition) is 1. The zero-order valence-corrected chi connectivity index (χ0v) is 8.50. The van der Waals surface area contributed by atoms with Gasteiger partial charge in [-0.3, -0.25) is 0 Å². The van der Waals surface area contributed by atoms with E-state index < -0.39 is 0 Å². The highest BCUT2D eigenvalue weighted by Crippen LogP contribution is 2.22. The molecule has 1 aromatic rings. The van der Waals surface area contributed by atoms with Crippen LogP contribution in [0.4, 0.5) is 0 Å². The van der Waals surface area contributed by atoms with Crippen LogP contribution in [-0.2, 0) is 0 Å². The minimum absolute atomic E-state index is 0.422. The second-order valence-electron chi connectivity index (χ2n) is 3.36. The molecule has 0 aromatic heterocycles. The van der Waals surface area contributed by atoms with Gasteiger partial charge in [0.2, 0.25) is 0 Å². The van der Waals surface area contributed by atoms with E-state index in [-0.39, 0.29) is 0 Å². The van der Waals surface area contributed by atoms with E-state index in [1.54, 1.807) is 7.11 Å². The summed E-state index contributed by atoms with van der Waals surface area (Å²) >= 11 is 0. The molecule has 0 radical (unpaired) electrons. The topological polar surface area (TPSA) is 35.2 Å². The molecule has 0 unspecified atom stereocenters. The van der Waals surface area contributed by atoms with Crippen molar-refractivity contribution in [3.63, 3.8) is 0 Å². The minimum atomic E-state index is 0.422. The van der Waals surface area contributed by atoms with Gasteiger partial charge < -0.3 is 10.5 Å². The van der Waals surface area contributed by atoms with Crippen LogP contribution in [0, 0.1) is 6.92 Å². The highest BCUT2D eigenvalue weighted by molar-refractivity contribution is 5.36. The number of benzene rings is 1. The molecule has 0 aliphatic rings. The van der Waals surface area contributed by atoms with Gasteiger partial charge in [-0.2, -0.15) is 0 Å². The van der Waals surface area contributed by atoms with E-state index in [2.05, 4.69) is 19.9 Å². The van der Waals surface area contributed by atoms with Gasteiger partial charge in [-0.25, -0.2) is 0 Å². The molecule has 2 heteroatoms. The van der Waals surface area contributed by atoms with Crippen LogP contribution in [0.25, 0.3) is 0 Å². The Morgan fingerprint density at radius 1 is 1.46 bits per heavy atom. The first-order chi connectivity index (χ1) is 6.19. The lowest BCUT2D eigenvalue weighted by molar-refractivity contribution is 0.414. The van der Waals surface area contributed by atoms with Crippen molar-refractivity contribution in [3.05, 3.63) is 29.3 Å². The molecule has 0 amide bonds. The van der Waals surface area contributed by atoms with E-state index in [1.807, 2.05) is 12.1 Å². The van der Waals surface area contributed by atoms with E-state index in [4.69, 9.17) is 10.5 Å². The van der Waals surface area contributed by atoms with Gasteiger partial charge in [-0.1, -0.05) is 13.0 Å². The fourth-order valence-corrected chi connectivity index (χ4v) is 1.46. The Bertz CT molecular complexity index is 283. The first-order valence-electron chi connectivity index (χ1n) is 4.53. The maximum absolute atomic E-state index is 5.61. The highest BCUT2D eigenvalue weighted by Gasteiger charge is 2.06. The maximum atomic E-state index is 5.61. The monoisotopic (exact) mass is 179 g/mol. The Morgan fingerprint density at radius 2 is 2.15 bits per heavy atom. The summed E-state index contributed by atoms with van der Waals surface area (Å²) in [5.41, 5.74) is 8.17. The van der Waals surface area contributed by atoms with Crippen LogP contribution in [0.2, 0.25) is 0 Å². The molecule has 2 nitrogen and oxygen atoms in total. The van der Waals surface area contributed by atoms with Crippen LogP contribution in [0.15, 0.2) is 18.2 Å². The summed E-state index contributed by atoms with van der Waals surface area (Å²) in [6.45, 7) is 4.91. The summed E-state index contributed by atoms with van der Waals surface area (Å²) in [4.78, 5) is 0. The molecule has 0 heterocycles. The molecule has 0 aliphatic heterocycles. The van der Waals surface area contributed by atoms with Gasteiger partial charge in [-0.15, -0.1) is 0 Å². The van der Waals surface area contributed by atoms with Crippen LogP contribution in [-0.4, -0.2) is 13.7 Å². The van der Waals surface area contributed by atoms with Crippen molar-refractivity contribution in [1.82, 2.24) is 0 Å². The summed E-state index contributed by atoms with van der Waals surface area (Å²) in [6, 6.07) is 6.11. The number of aryl methyl sites for hydroxylation is 1. The number of rotatable bonds is 3. The normalized spacial score (nSPS) is 12.6. The lowest BCUT2D eigenvalue weighted by Gasteiger charge is -2.13. The van der Waals surface area contributed by atoms with E-state index in [9.17, 15) is 0 Å². The average molecular weight is 179 g/mol. The minimum Gasteiger partial charge on any atom is -0.497 e. The molecule has 0 saturated carbocycles. The molecule has 1 atom stereocenters. The third-order valence-electron chi connectivity index (χ3n) is 2.36. The number of hydrogen-bond acceptors (Lipinski definition) is 2. The Morgan fingerprint density at radius 3 is 2.62 bits per heavy atom. The van der Waals surface area contributed by atoms with Crippen LogP contribution < -0.4 is 10.5 Å². The summed E-state index contributed by atoms with van der Waals surface area (Å²) in [5, 5.41) is 0. The largest absolute Gasteiger partial charge is 0.497 e. The van der Waals surface area contributed by atoms with Crippen LogP contribution in [0.1, 0.15) is 24.0 Å². The Labute approximate surface area is 79.7 Å². The van der Waals surface area contributed by atoms with E-state index in [0.717, 1.165) is 5.75 Å². The predicted octanol–water partition coefficient (Wildman–Crippen LogP) is 2.07. The lowest BCUT2D eigenvalue weighted by atomic mass is 9.96. The summed E-state index contributed by atoms with van der Waals surface area (Å²) in [6.07, 6.45) is 0. The Balaban J connectivity index is 2.98. The second kappa shape index (κ2) is 4.28.